The maximum absolute atomic E-state index is 12.7. The number of carbonyl (C=O) groups is 2. The van der Waals surface area contributed by atoms with E-state index in [-0.39, 0.29) is 17.9 Å². The van der Waals surface area contributed by atoms with E-state index >= 15 is 0 Å². The van der Waals surface area contributed by atoms with Gasteiger partial charge >= 0.3 is 0 Å². The van der Waals surface area contributed by atoms with Crippen molar-refractivity contribution >= 4 is 23.5 Å². The molecule has 4 N–H and O–H groups in total. The second-order valence-corrected chi connectivity index (χ2v) is 5.87. The maximum Gasteiger partial charge on any atom is 0.257 e. The molecule has 1 aromatic carbocycles. The van der Waals surface area contributed by atoms with Gasteiger partial charge in [0, 0.05) is 37.7 Å². The number of para-hydroxylation sites is 1. The van der Waals surface area contributed by atoms with Gasteiger partial charge in [0.2, 0.25) is 11.9 Å². The van der Waals surface area contributed by atoms with Crippen molar-refractivity contribution in [3.8, 4) is 0 Å². The average Bonchev–Trinajstić information content (AvgIpc) is 3.04. The number of benzene rings is 1. The molecule has 0 radical (unpaired) electrons. The molecule has 1 fully saturated rings. The van der Waals surface area contributed by atoms with Crippen molar-refractivity contribution in [3.63, 3.8) is 0 Å². The van der Waals surface area contributed by atoms with Crippen LogP contribution in [0.25, 0.3) is 0 Å². The summed E-state index contributed by atoms with van der Waals surface area (Å²) < 4.78 is 0. The number of nitrogens with zero attached hydrogens (tertiary/aromatic N) is 3. The van der Waals surface area contributed by atoms with Crippen LogP contribution in [0.4, 0.5) is 11.6 Å². The molecule has 2 aromatic rings. The fourth-order valence-corrected chi connectivity index (χ4v) is 2.83. The third-order valence-corrected chi connectivity index (χ3v) is 4.07. The summed E-state index contributed by atoms with van der Waals surface area (Å²) in [5, 5.41) is 5.62. The maximum atomic E-state index is 12.7. The Labute approximate surface area is 145 Å². The van der Waals surface area contributed by atoms with Crippen LogP contribution in [0.2, 0.25) is 0 Å². The van der Waals surface area contributed by atoms with Crippen LogP contribution >= 0.6 is 0 Å². The van der Waals surface area contributed by atoms with Crippen LogP contribution in [0.5, 0.6) is 0 Å². The van der Waals surface area contributed by atoms with Crippen LogP contribution in [-0.2, 0) is 4.79 Å². The minimum Gasteiger partial charge on any atom is -0.357 e. The number of nitrogens with one attached hydrogen (secondary N) is 2. The topological polar surface area (TPSA) is 113 Å². The highest BCUT2D eigenvalue weighted by atomic mass is 16.2. The summed E-state index contributed by atoms with van der Waals surface area (Å²) in [5.74, 6) is -0.124. The Morgan fingerprint density at radius 3 is 2.52 bits per heavy atom. The van der Waals surface area contributed by atoms with E-state index < -0.39 is 6.04 Å². The van der Waals surface area contributed by atoms with Crippen molar-refractivity contribution in [2.45, 2.75) is 18.5 Å². The number of likely N-dealkylation sites (N-methyl/N-ethyl adjacent to an activating group) is 1. The highest BCUT2D eigenvalue weighted by Crippen LogP contribution is 2.20. The number of hydrogen-bond donors (Lipinski definition) is 3. The van der Waals surface area contributed by atoms with Gasteiger partial charge in [-0.25, -0.2) is 9.97 Å². The zero-order valence-corrected chi connectivity index (χ0v) is 13.8. The molecule has 8 heteroatoms. The lowest BCUT2D eigenvalue weighted by molar-refractivity contribution is -0.124. The van der Waals surface area contributed by atoms with Crippen molar-refractivity contribution in [1.82, 2.24) is 20.2 Å². The number of aromatic nitrogens is 2. The van der Waals surface area contributed by atoms with Crippen molar-refractivity contribution in [2.24, 2.45) is 5.73 Å². The van der Waals surface area contributed by atoms with Crippen LogP contribution in [0, 0.1) is 0 Å². The highest BCUT2D eigenvalue weighted by molar-refractivity contribution is 5.97. The summed E-state index contributed by atoms with van der Waals surface area (Å²) in [4.78, 5) is 34.5. The van der Waals surface area contributed by atoms with Crippen LogP contribution in [0.15, 0.2) is 42.7 Å². The lowest BCUT2D eigenvalue weighted by atomic mass is 10.1. The molecule has 1 aliphatic rings. The van der Waals surface area contributed by atoms with E-state index in [4.69, 9.17) is 5.73 Å². The van der Waals surface area contributed by atoms with Gasteiger partial charge in [0.15, 0.2) is 0 Å². The fourth-order valence-electron chi connectivity index (χ4n) is 2.83. The molecule has 25 heavy (non-hydrogen) atoms. The number of hydrogen-bond acceptors (Lipinski definition) is 6. The molecule has 3 rings (SSSR count). The summed E-state index contributed by atoms with van der Waals surface area (Å²) in [5.41, 5.74) is 7.09. The molecule has 0 unspecified atom stereocenters. The Kier molecular flexibility index (Phi) is 4.90. The first-order valence-electron chi connectivity index (χ1n) is 8.00. The Hall–Kier alpha value is -3.00. The number of rotatable bonds is 4. The molecular weight excluding hydrogens is 320 g/mol. The normalized spacial score (nSPS) is 19.5. The van der Waals surface area contributed by atoms with E-state index in [1.807, 2.05) is 30.3 Å². The average molecular weight is 340 g/mol. The molecular formula is C17H20N6O2. The molecule has 2 amide bonds. The standard InChI is InChI=1S/C17H20N6O2/c1-19-15(24)14-7-12(18)10-23(14)16(25)11-8-20-17(21-9-11)22-13-5-3-2-4-6-13/h2-6,8-9,12,14H,7,10,18H2,1H3,(H,19,24)(H,20,21,22)/t12-,14-/m0/s1. The van der Waals surface area contributed by atoms with Crippen LogP contribution in [-0.4, -0.2) is 52.4 Å². The SMILES string of the molecule is CNC(=O)[C@@H]1C[C@H](N)CN1C(=O)c1cnc(Nc2ccccc2)nc1. The van der Waals surface area contributed by atoms with Gasteiger partial charge in [-0.05, 0) is 18.6 Å². The highest BCUT2D eigenvalue weighted by Gasteiger charge is 2.38. The number of amides is 2. The molecule has 0 spiro atoms. The second-order valence-electron chi connectivity index (χ2n) is 5.87. The Balaban J connectivity index is 1.73. The Bertz CT molecular complexity index is 749. The number of anilines is 2. The summed E-state index contributed by atoms with van der Waals surface area (Å²) in [6.45, 7) is 0.334. The first-order chi connectivity index (χ1) is 12.1. The van der Waals surface area contributed by atoms with Gasteiger partial charge < -0.3 is 21.3 Å². The van der Waals surface area contributed by atoms with Crippen molar-refractivity contribution in [3.05, 3.63) is 48.3 Å². The molecule has 1 aromatic heterocycles. The first-order valence-corrected chi connectivity index (χ1v) is 8.00. The predicted octanol–water partition coefficient (Wildman–Crippen LogP) is 0.508. The molecule has 8 nitrogen and oxygen atoms in total. The van der Waals surface area contributed by atoms with Gasteiger partial charge in [-0.3, -0.25) is 9.59 Å². The van der Waals surface area contributed by atoms with E-state index in [1.165, 1.54) is 17.3 Å². The van der Waals surface area contributed by atoms with Gasteiger partial charge in [0.25, 0.3) is 5.91 Å². The lowest BCUT2D eigenvalue weighted by Gasteiger charge is -2.23. The van der Waals surface area contributed by atoms with Crippen LogP contribution in [0.1, 0.15) is 16.8 Å². The number of carbonyl (C=O) groups excluding carboxylic acids is 2. The lowest BCUT2D eigenvalue weighted by Crippen LogP contribution is -2.45. The summed E-state index contributed by atoms with van der Waals surface area (Å²) >= 11 is 0. The molecule has 0 saturated carbocycles. The zero-order valence-electron chi connectivity index (χ0n) is 13.8. The van der Waals surface area contributed by atoms with Crippen LogP contribution in [0.3, 0.4) is 0 Å². The Morgan fingerprint density at radius 1 is 1.20 bits per heavy atom. The van der Waals surface area contributed by atoms with E-state index in [0.717, 1.165) is 5.69 Å². The quantitative estimate of drug-likeness (QED) is 0.747. The van der Waals surface area contributed by atoms with Crippen LogP contribution < -0.4 is 16.4 Å². The molecule has 2 heterocycles. The van der Waals surface area contributed by atoms with E-state index in [9.17, 15) is 9.59 Å². The largest absolute Gasteiger partial charge is 0.357 e. The van der Waals surface area contributed by atoms with E-state index in [1.54, 1.807) is 7.05 Å². The van der Waals surface area contributed by atoms with Crippen molar-refractivity contribution in [1.29, 1.82) is 0 Å². The second kappa shape index (κ2) is 7.27. The van der Waals surface area contributed by atoms with Crippen molar-refractivity contribution in [2.75, 3.05) is 18.9 Å². The van der Waals surface area contributed by atoms with Gasteiger partial charge in [0.1, 0.15) is 6.04 Å². The monoisotopic (exact) mass is 340 g/mol. The smallest absolute Gasteiger partial charge is 0.257 e. The summed E-state index contributed by atoms with van der Waals surface area (Å²) in [6, 6.07) is 8.72. The molecule has 1 saturated heterocycles. The molecule has 0 bridgehead atoms. The summed E-state index contributed by atoms with van der Waals surface area (Å²) in [7, 11) is 1.54. The van der Waals surface area contributed by atoms with E-state index in [2.05, 4.69) is 20.6 Å². The van der Waals surface area contributed by atoms with Crippen molar-refractivity contribution < 1.29 is 9.59 Å². The number of nitrogens with two attached hydrogens (primary N) is 1. The van der Waals surface area contributed by atoms with Gasteiger partial charge in [-0.15, -0.1) is 0 Å². The van der Waals surface area contributed by atoms with Gasteiger partial charge in [0.05, 0.1) is 5.56 Å². The zero-order chi connectivity index (χ0) is 17.8. The minimum absolute atomic E-state index is 0.216. The molecule has 130 valence electrons. The number of likely N-dealkylation sites (tertiary alicyclic amines) is 1. The molecule has 1 aliphatic heterocycles. The fraction of sp³-hybridized carbons (Fsp3) is 0.294. The van der Waals surface area contributed by atoms with E-state index in [0.29, 0.717) is 24.5 Å². The summed E-state index contributed by atoms with van der Waals surface area (Å²) in [6.07, 6.45) is 3.34. The first kappa shape index (κ1) is 16.8. The van der Waals surface area contributed by atoms with Gasteiger partial charge in [-0.1, -0.05) is 18.2 Å². The van der Waals surface area contributed by atoms with Gasteiger partial charge in [-0.2, -0.15) is 0 Å². The Morgan fingerprint density at radius 2 is 1.88 bits per heavy atom. The molecule has 2 atom stereocenters. The minimum atomic E-state index is -0.561. The third-order valence-electron chi connectivity index (χ3n) is 4.07. The predicted molar refractivity (Wildman–Crippen MR) is 93.2 cm³/mol. The third kappa shape index (κ3) is 3.74. The molecule has 0 aliphatic carbocycles.